The van der Waals surface area contributed by atoms with Gasteiger partial charge < -0.3 is 14.1 Å². The summed E-state index contributed by atoms with van der Waals surface area (Å²) in [5.74, 6) is 0.446. The molecule has 5 nitrogen and oxygen atoms in total. The number of hydrogen-bond donors (Lipinski definition) is 0. The maximum atomic E-state index is 13.8. The second-order valence-electron chi connectivity index (χ2n) is 6.29. The summed E-state index contributed by atoms with van der Waals surface area (Å²) in [5, 5.41) is 0.332. The normalized spacial score (nSPS) is 16.7. The van der Waals surface area contributed by atoms with Crippen molar-refractivity contribution in [3.05, 3.63) is 62.9 Å². The largest absolute Gasteiger partial charge is 0.488 e. The number of carbonyl (C=O) groups is 1. The van der Waals surface area contributed by atoms with E-state index in [0.29, 0.717) is 41.6 Å². The number of halogens is 2. The van der Waals surface area contributed by atoms with Gasteiger partial charge in [-0.15, -0.1) is 0 Å². The molecule has 1 aromatic heterocycles. The summed E-state index contributed by atoms with van der Waals surface area (Å²) in [7, 11) is 0. The molecule has 138 valence electrons. The molecule has 0 bridgehead atoms. The molecule has 3 rings (SSSR count). The number of rotatable bonds is 5. The maximum Gasteiger partial charge on any atom is 0.339 e. The van der Waals surface area contributed by atoms with Crippen molar-refractivity contribution in [2.75, 3.05) is 13.1 Å². The highest BCUT2D eigenvalue weighted by Gasteiger charge is 2.27. The van der Waals surface area contributed by atoms with E-state index in [-0.39, 0.29) is 24.9 Å². The summed E-state index contributed by atoms with van der Waals surface area (Å²) >= 11 is 5.99. The minimum atomic E-state index is -0.465. The quantitative estimate of drug-likeness (QED) is 0.799. The van der Waals surface area contributed by atoms with Crippen molar-refractivity contribution >= 4 is 17.5 Å². The molecule has 0 aliphatic carbocycles. The van der Waals surface area contributed by atoms with E-state index in [0.717, 1.165) is 0 Å². The number of benzene rings is 1. The Bertz CT molecular complexity index is 847. The molecule has 0 N–H and O–H groups in total. The summed E-state index contributed by atoms with van der Waals surface area (Å²) in [6.07, 6.45) is 0.926. The summed E-state index contributed by atoms with van der Waals surface area (Å²) in [5.41, 5.74) is -0.103. The number of ether oxygens (including phenoxy) is 1. The number of hydrogen-bond acceptors (Lipinski definition) is 4. The SMILES string of the molecule is Cc1cc(OC2CCN(C(=O)CCc3c(F)cccc3Cl)C2)cc(=O)o1. The Hall–Kier alpha value is -2.34. The first-order valence-electron chi connectivity index (χ1n) is 8.41. The van der Waals surface area contributed by atoms with E-state index in [9.17, 15) is 14.0 Å². The van der Waals surface area contributed by atoms with Gasteiger partial charge in [0.05, 0.1) is 12.6 Å². The zero-order chi connectivity index (χ0) is 18.7. The van der Waals surface area contributed by atoms with Gasteiger partial charge in [-0.05, 0) is 25.5 Å². The molecule has 1 aromatic carbocycles. The molecule has 1 unspecified atom stereocenters. The van der Waals surface area contributed by atoms with E-state index in [1.807, 2.05) is 0 Å². The first kappa shape index (κ1) is 18.5. The van der Waals surface area contributed by atoms with E-state index < -0.39 is 11.4 Å². The van der Waals surface area contributed by atoms with E-state index in [1.54, 1.807) is 24.0 Å². The summed E-state index contributed by atoms with van der Waals surface area (Å²) in [6, 6.07) is 7.42. The Kier molecular flexibility index (Phi) is 5.61. The van der Waals surface area contributed by atoms with Crippen LogP contribution in [-0.4, -0.2) is 30.0 Å². The van der Waals surface area contributed by atoms with Gasteiger partial charge in [-0.3, -0.25) is 4.79 Å². The summed E-state index contributed by atoms with van der Waals surface area (Å²) < 4.78 is 24.5. The number of aryl methyl sites for hydroxylation is 1. The van der Waals surface area contributed by atoms with Crippen LogP contribution < -0.4 is 10.4 Å². The summed E-state index contributed by atoms with van der Waals surface area (Å²) in [6.45, 7) is 2.67. The van der Waals surface area contributed by atoms with Crippen LogP contribution >= 0.6 is 11.6 Å². The molecule has 0 saturated carbocycles. The van der Waals surface area contributed by atoms with Gasteiger partial charge in [-0.1, -0.05) is 17.7 Å². The molecule has 2 heterocycles. The first-order valence-corrected chi connectivity index (χ1v) is 8.79. The predicted molar refractivity (Wildman–Crippen MR) is 95.1 cm³/mol. The van der Waals surface area contributed by atoms with Crippen molar-refractivity contribution in [1.29, 1.82) is 0 Å². The van der Waals surface area contributed by atoms with E-state index in [1.165, 1.54) is 18.2 Å². The van der Waals surface area contributed by atoms with Crippen LogP contribution in [0, 0.1) is 12.7 Å². The Morgan fingerprint density at radius 1 is 1.42 bits per heavy atom. The third-order valence-corrected chi connectivity index (χ3v) is 4.67. The van der Waals surface area contributed by atoms with Gasteiger partial charge in [0.2, 0.25) is 5.91 Å². The Morgan fingerprint density at radius 3 is 2.96 bits per heavy atom. The highest BCUT2D eigenvalue weighted by molar-refractivity contribution is 6.31. The second-order valence-corrected chi connectivity index (χ2v) is 6.70. The zero-order valence-electron chi connectivity index (χ0n) is 14.3. The Labute approximate surface area is 155 Å². The van der Waals surface area contributed by atoms with Gasteiger partial charge in [-0.2, -0.15) is 0 Å². The molecule has 0 spiro atoms. The lowest BCUT2D eigenvalue weighted by Gasteiger charge is -2.17. The topological polar surface area (TPSA) is 59.8 Å². The molecular formula is C19H19ClFNO4. The lowest BCUT2D eigenvalue weighted by molar-refractivity contribution is -0.130. The van der Waals surface area contributed by atoms with Crippen LogP contribution in [0.5, 0.6) is 5.75 Å². The molecule has 7 heteroatoms. The van der Waals surface area contributed by atoms with Crippen LogP contribution in [0.3, 0.4) is 0 Å². The molecule has 0 radical (unpaired) electrons. The predicted octanol–water partition coefficient (Wildman–Crippen LogP) is 3.35. The minimum Gasteiger partial charge on any atom is -0.488 e. The number of carbonyl (C=O) groups excluding carboxylic acids is 1. The highest BCUT2D eigenvalue weighted by atomic mass is 35.5. The van der Waals surface area contributed by atoms with Gasteiger partial charge in [-0.25, -0.2) is 9.18 Å². The molecule has 1 saturated heterocycles. The van der Waals surface area contributed by atoms with Crippen LogP contribution in [-0.2, 0) is 11.2 Å². The maximum absolute atomic E-state index is 13.8. The van der Waals surface area contributed by atoms with Gasteiger partial charge >= 0.3 is 5.63 Å². The highest BCUT2D eigenvalue weighted by Crippen LogP contribution is 2.22. The fourth-order valence-electron chi connectivity index (χ4n) is 3.05. The third-order valence-electron chi connectivity index (χ3n) is 4.32. The lowest BCUT2D eigenvalue weighted by atomic mass is 10.1. The first-order chi connectivity index (χ1) is 12.4. The van der Waals surface area contributed by atoms with Gasteiger partial charge in [0.25, 0.3) is 0 Å². The summed E-state index contributed by atoms with van der Waals surface area (Å²) in [4.78, 5) is 25.5. The lowest BCUT2D eigenvalue weighted by Crippen LogP contribution is -2.31. The number of likely N-dealkylation sites (tertiary alicyclic amines) is 1. The second kappa shape index (κ2) is 7.91. The van der Waals surface area contributed by atoms with Crippen molar-refractivity contribution in [3.8, 4) is 5.75 Å². The molecule has 1 aliphatic heterocycles. The average molecular weight is 380 g/mol. The van der Waals surface area contributed by atoms with Crippen molar-refractivity contribution in [2.45, 2.75) is 32.3 Å². The molecule has 26 heavy (non-hydrogen) atoms. The minimum absolute atomic E-state index is 0.0702. The van der Waals surface area contributed by atoms with Crippen LogP contribution in [0.4, 0.5) is 4.39 Å². The molecule has 1 aliphatic rings. The standard InChI is InChI=1S/C19H19ClFNO4/c1-12-9-14(10-19(24)25-12)26-13-7-8-22(11-13)18(23)6-5-15-16(20)3-2-4-17(15)21/h2-4,9-10,13H,5-8,11H2,1H3. The van der Waals surface area contributed by atoms with Crippen LogP contribution in [0.25, 0.3) is 0 Å². The Morgan fingerprint density at radius 2 is 2.23 bits per heavy atom. The van der Waals surface area contributed by atoms with E-state index >= 15 is 0 Å². The number of nitrogens with zero attached hydrogens (tertiary/aromatic N) is 1. The van der Waals surface area contributed by atoms with Crippen molar-refractivity contribution in [3.63, 3.8) is 0 Å². The third kappa shape index (κ3) is 4.43. The number of amides is 1. The van der Waals surface area contributed by atoms with Crippen molar-refractivity contribution in [1.82, 2.24) is 4.90 Å². The molecule has 1 atom stereocenters. The fourth-order valence-corrected chi connectivity index (χ4v) is 3.31. The van der Waals surface area contributed by atoms with Crippen LogP contribution in [0.2, 0.25) is 5.02 Å². The van der Waals surface area contributed by atoms with E-state index in [4.69, 9.17) is 20.8 Å². The molecule has 1 fully saturated rings. The van der Waals surface area contributed by atoms with Gasteiger partial charge in [0.15, 0.2) is 0 Å². The van der Waals surface area contributed by atoms with Crippen molar-refractivity contribution < 1.29 is 18.3 Å². The van der Waals surface area contributed by atoms with Gasteiger partial charge in [0, 0.05) is 36.0 Å². The van der Waals surface area contributed by atoms with Crippen molar-refractivity contribution in [2.24, 2.45) is 0 Å². The average Bonchev–Trinajstić information content (AvgIpc) is 3.01. The van der Waals surface area contributed by atoms with Crippen LogP contribution in [0.15, 0.2) is 39.5 Å². The molecular weight excluding hydrogens is 361 g/mol. The monoisotopic (exact) mass is 379 g/mol. The fraction of sp³-hybridized carbons (Fsp3) is 0.368. The van der Waals surface area contributed by atoms with Crippen LogP contribution in [0.1, 0.15) is 24.2 Å². The van der Waals surface area contributed by atoms with E-state index in [2.05, 4.69) is 0 Å². The molecule has 1 amide bonds. The Balaban J connectivity index is 1.55. The molecule has 2 aromatic rings. The van der Waals surface area contributed by atoms with Gasteiger partial charge in [0.1, 0.15) is 23.4 Å². The smallest absolute Gasteiger partial charge is 0.339 e. The zero-order valence-corrected chi connectivity index (χ0v) is 15.1.